The van der Waals surface area contributed by atoms with E-state index in [9.17, 15) is 9.59 Å². The van der Waals surface area contributed by atoms with Crippen LogP contribution in [0.4, 0.5) is 5.95 Å². The normalized spacial score (nSPS) is 10.6. The van der Waals surface area contributed by atoms with E-state index >= 15 is 0 Å². The van der Waals surface area contributed by atoms with E-state index in [-0.39, 0.29) is 17.2 Å². The highest BCUT2D eigenvalue weighted by Crippen LogP contribution is 2.13. The van der Waals surface area contributed by atoms with Crippen LogP contribution < -0.4 is 5.32 Å². The Bertz CT molecular complexity index is 948. The molecule has 0 aliphatic heterocycles. The maximum atomic E-state index is 12.3. The molecule has 10 heteroatoms. The largest absolute Gasteiger partial charge is 0.478 e. The summed E-state index contributed by atoms with van der Waals surface area (Å²) in [6.07, 6.45) is 2.57. The number of carboxylic acids is 1. The molecule has 0 bridgehead atoms. The van der Waals surface area contributed by atoms with Crippen LogP contribution in [-0.4, -0.2) is 41.5 Å². The zero-order valence-electron chi connectivity index (χ0n) is 13.0. The van der Waals surface area contributed by atoms with Crippen molar-refractivity contribution in [3.05, 3.63) is 58.6 Å². The lowest BCUT2D eigenvalue weighted by molar-refractivity contribution is 0.0692. The Balaban J connectivity index is 1.74. The number of carbonyl (C=O) groups excluding carboxylic acids is 1. The second-order valence-corrected chi connectivity index (χ2v) is 5.62. The third-order valence-electron chi connectivity index (χ3n) is 3.38. The molecule has 0 spiro atoms. The summed E-state index contributed by atoms with van der Waals surface area (Å²) in [4.78, 5) is 27.4. The van der Waals surface area contributed by atoms with Crippen molar-refractivity contribution >= 4 is 29.4 Å². The highest BCUT2D eigenvalue weighted by Gasteiger charge is 2.22. The highest BCUT2D eigenvalue weighted by atomic mass is 35.5. The number of carbonyl (C=O) groups is 2. The van der Waals surface area contributed by atoms with Crippen LogP contribution in [-0.2, 0) is 13.6 Å². The van der Waals surface area contributed by atoms with Crippen molar-refractivity contribution in [3.8, 4) is 0 Å². The number of aromatic carboxylic acids is 1. The molecule has 2 aromatic heterocycles. The molecular formula is C15H13ClN6O3. The standard InChI is InChI=1S/C15H13ClN6O3/c1-21-12(11(6-18-21)14(24)25)13(23)19-15-17-8-22(20-15)7-9-3-2-4-10(16)5-9/h2-6,8H,7H2,1H3,(H,24,25)(H,19,20,23). The third kappa shape index (κ3) is 3.66. The molecule has 0 aliphatic carbocycles. The molecule has 1 aromatic carbocycles. The number of amides is 1. The van der Waals surface area contributed by atoms with Gasteiger partial charge in [0.25, 0.3) is 5.91 Å². The second-order valence-electron chi connectivity index (χ2n) is 5.19. The summed E-state index contributed by atoms with van der Waals surface area (Å²) in [6, 6.07) is 7.29. The lowest BCUT2D eigenvalue weighted by atomic mass is 10.2. The van der Waals surface area contributed by atoms with E-state index in [0.717, 1.165) is 11.8 Å². The van der Waals surface area contributed by atoms with E-state index in [1.54, 1.807) is 12.1 Å². The number of carboxylic acid groups (broad SMARTS) is 1. The topological polar surface area (TPSA) is 115 Å². The first-order valence-corrected chi connectivity index (χ1v) is 7.52. The smallest absolute Gasteiger partial charge is 0.339 e. The predicted octanol–water partition coefficient (Wildman–Crippen LogP) is 1.66. The molecule has 0 saturated heterocycles. The minimum Gasteiger partial charge on any atom is -0.478 e. The molecular weight excluding hydrogens is 348 g/mol. The Morgan fingerprint density at radius 1 is 1.36 bits per heavy atom. The minimum atomic E-state index is -1.24. The average Bonchev–Trinajstić information content (AvgIpc) is 3.14. The van der Waals surface area contributed by atoms with Crippen molar-refractivity contribution in [2.45, 2.75) is 6.54 Å². The highest BCUT2D eigenvalue weighted by molar-refractivity contribution is 6.30. The van der Waals surface area contributed by atoms with Gasteiger partial charge in [-0.1, -0.05) is 23.7 Å². The molecule has 0 radical (unpaired) electrons. The van der Waals surface area contributed by atoms with Crippen molar-refractivity contribution in [2.75, 3.05) is 5.32 Å². The van der Waals surface area contributed by atoms with Gasteiger partial charge in [0.1, 0.15) is 17.6 Å². The number of aryl methyl sites for hydroxylation is 1. The fraction of sp³-hybridized carbons (Fsp3) is 0.133. The van der Waals surface area contributed by atoms with Crippen molar-refractivity contribution < 1.29 is 14.7 Å². The summed E-state index contributed by atoms with van der Waals surface area (Å²) in [5.41, 5.74) is 0.645. The molecule has 0 fully saturated rings. The van der Waals surface area contributed by atoms with Gasteiger partial charge in [0.05, 0.1) is 12.7 Å². The minimum absolute atomic E-state index is 0.0598. The van der Waals surface area contributed by atoms with Crippen molar-refractivity contribution in [2.24, 2.45) is 7.05 Å². The van der Waals surface area contributed by atoms with Crippen LogP contribution in [0.2, 0.25) is 5.02 Å². The summed E-state index contributed by atoms with van der Waals surface area (Å²) >= 11 is 5.94. The van der Waals surface area contributed by atoms with Crippen molar-refractivity contribution in [1.29, 1.82) is 0 Å². The number of hydrogen-bond acceptors (Lipinski definition) is 5. The number of aromatic nitrogens is 5. The SMILES string of the molecule is Cn1ncc(C(=O)O)c1C(=O)Nc1ncn(Cc2cccc(Cl)c2)n1. The van der Waals surface area contributed by atoms with E-state index in [1.807, 2.05) is 12.1 Å². The molecule has 1 amide bonds. The summed E-state index contributed by atoms with van der Waals surface area (Å²) in [7, 11) is 1.48. The monoisotopic (exact) mass is 360 g/mol. The Morgan fingerprint density at radius 3 is 2.88 bits per heavy atom. The lowest BCUT2D eigenvalue weighted by Crippen LogP contribution is -2.20. The van der Waals surface area contributed by atoms with Gasteiger partial charge in [-0.05, 0) is 17.7 Å². The second kappa shape index (κ2) is 6.73. The Kier molecular flexibility index (Phi) is 4.48. The van der Waals surface area contributed by atoms with Gasteiger partial charge in [-0.25, -0.2) is 14.5 Å². The molecule has 0 atom stereocenters. The Morgan fingerprint density at radius 2 is 2.16 bits per heavy atom. The van der Waals surface area contributed by atoms with Gasteiger partial charge in [-0.3, -0.25) is 14.8 Å². The number of anilines is 1. The van der Waals surface area contributed by atoms with Crippen LogP contribution in [0.25, 0.3) is 0 Å². The van der Waals surface area contributed by atoms with E-state index in [1.165, 1.54) is 22.7 Å². The first kappa shape index (κ1) is 16.7. The number of halogens is 1. The molecule has 2 heterocycles. The third-order valence-corrected chi connectivity index (χ3v) is 3.61. The van der Waals surface area contributed by atoms with Crippen molar-refractivity contribution in [1.82, 2.24) is 24.5 Å². The molecule has 128 valence electrons. The van der Waals surface area contributed by atoms with Crippen molar-refractivity contribution in [3.63, 3.8) is 0 Å². The van der Waals surface area contributed by atoms with Crippen LogP contribution in [0.15, 0.2) is 36.8 Å². The first-order chi connectivity index (χ1) is 11.9. The summed E-state index contributed by atoms with van der Waals surface area (Å²) in [5.74, 6) is -1.83. The predicted molar refractivity (Wildman–Crippen MR) is 88.7 cm³/mol. The fourth-order valence-corrected chi connectivity index (χ4v) is 2.49. The summed E-state index contributed by atoms with van der Waals surface area (Å²) < 4.78 is 2.71. The lowest BCUT2D eigenvalue weighted by Gasteiger charge is -2.03. The van der Waals surface area contributed by atoms with E-state index in [0.29, 0.717) is 11.6 Å². The van der Waals surface area contributed by atoms with Crippen LogP contribution in [0.5, 0.6) is 0 Å². The molecule has 9 nitrogen and oxygen atoms in total. The van der Waals surface area contributed by atoms with Gasteiger partial charge >= 0.3 is 5.97 Å². The number of benzene rings is 1. The molecule has 0 saturated carbocycles. The molecule has 3 rings (SSSR count). The van der Waals surface area contributed by atoms with Gasteiger partial charge < -0.3 is 5.11 Å². The molecule has 2 N–H and O–H groups in total. The van der Waals surface area contributed by atoms with Crippen LogP contribution >= 0.6 is 11.6 Å². The van der Waals surface area contributed by atoms with E-state index in [2.05, 4.69) is 20.5 Å². The van der Waals surface area contributed by atoms with Gasteiger partial charge in [-0.2, -0.15) is 5.10 Å². The molecule has 0 unspecified atom stereocenters. The average molecular weight is 361 g/mol. The zero-order chi connectivity index (χ0) is 18.0. The van der Waals surface area contributed by atoms with Gasteiger partial charge in [0, 0.05) is 12.1 Å². The van der Waals surface area contributed by atoms with Gasteiger partial charge in [0.15, 0.2) is 0 Å². The van der Waals surface area contributed by atoms with Crippen LogP contribution in [0.1, 0.15) is 26.4 Å². The number of nitrogens with one attached hydrogen (secondary N) is 1. The zero-order valence-corrected chi connectivity index (χ0v) is 13.8. The quantitative estimate of drug-likeness (QED) is 0.715. The van der Waals surface area contributed by atoms with Gasteiger partial charge in [-0.15, -0.1) is 5.10 Å². The molecule has 0 aliphatic rings. The summed E-state index contributed by atoms with van der Waals surface area (Å²) in [6.45, 7) is 0.426. The fourth-order valence-electron chi connectivity index (χ4n) is 2.27. The number of hydrogen-bond donors (Lipinski definition) is 2. The Hall–Kier alpha value is -3.20. The molecule has 3 aromatic rings. The van der Waals surface area contributed by atoms with Crippen LogP contribution in [0, 0.1) is 0 Å². The summed E-state index contributed by atoms with van der Waals surface area (Å²) in [5, 5.41) is 20.1. The number of nitrogens with zero attached hydrogens (tertiary/aromatic N) is 5. The maximum absolute atomic E-state index is 12.3. The Labute approximate surface area is 146 Å². The van der Waals surface area contributed by atoms with E-state index in [4.69, 9.17) is 16.7 Å². The van der Waals surface area contributed by atoms with Gasteiger partial charge in [0.2, 0.25) is 5.95 Å². The van der Waals surface area contributed by atoms with Crippen LogP contribution in [0.3, 0.4) is 0 Å². The van der Waals surface area contributed by atoms with E-state index < -0.39 is 11.9 Å². The first-order valence-electron chi connectivity index (χ1n) is 7.14. The number of rotatable bonds is 5. The molecule has 25 heavy (non-hydrogen) atoms. The maximum Gasteiger partial charge on any atom is 0.339 e.